The molecule has 2 atom stereocenters. The summed E-state index contributed by atoms with van der Waals surface area (Å²) >= 11 is 7.99. The second-order valence-corrected chi connectivity index (χ2v) is 8.24. The van der Waals surface area contributed by atoms with Gasteiger partial charge in [-0.25, -0.2) is 5.01 Å². The summed E-state index contributed by atoms with van der Waals surface area (Å²) in [5, 5.41) is 9.12. The Morgan fingerprint density at radius 3 is 2.70 bits per heavy atom. The lowest BCUT2D eigenvalue weighted by Gasteiger charge is -2.30. The SMILES string of the molecule is O=C(c1cccs1)N1N=C2c3ccccc3CC[C@@H]2[C@@H]1c1ccccc1Cl. The Labute approximate surface area is 166 Å². The Hall–Kier alpha value is -2.43. The summed E-state index contributed by atoms with van der Waals surface area (Å²) in [7, 11) is 0. The van der Waals surface area contributed by atoms with E-state index in [9.17, 15) is 4.79 Å². The Morgan fingerprint density at radius 1 is 1.07 bits per heavy atom. The van der Waals surface area contributed by atoms with Crippen LogP contribution in [0.3, 0.4) is 0 Å². The van der Waals surface area contributed by atoms with Gasteiger partial charge in [-0.1, -0.05) is 60.1 Å². The van der Waals surface area contributed by atoms with Crippen molar-refractivity contribution in [1.29, 1.82) is 0 Å². The van der Waals surface area contributed by atoms with Crippen molar-refractivity contribution in [3.63, 3.8) is 0 Å². The van der Waals surface area contributed by atoms with Gasteiger partial charge in [0.2, 0.25) is 0 Å². The largest absolute Gasteiger partial charge is 0.284 e. The molecule has 134 valence electrons. The molecule has 3 nitrogen and oxygen atoms in total. The Bertz CT molecular complexity index is 1040. The molecule has 2 aromatic carbocycles. The van der Waals surface area contributed by atoms with Crippen molar-refractivity contribution in [3.8, 4) is 0 Å². The smallest absolute Gasteiger partial charge is 0.266 e. The summed E-state index contributed by atoms with van der Waals surface area (Å²) in [6, 6.07) is 19.8. The summed E-state index contributed by atoms with van der Waals surface area (Å²) in [6.07, 6.45) is 1.95. The zero-order valence-corrected chi connectivity index (χ0v) is 16.1. The predicted molar refractivity (Wildman–Crippen MR) is 109 cm³/mol. The van der Waals surface area contributed by atoms with Gasteiger partial charge in [0.25, 0.3) is 5.91 Å². The highest BCUT2D eigenvalue weighted by Crippen LogP contribution is 2.45. The van der Waals surface area contributed by atoms with Crippen LogP contribution in [0, 0.1) is 5.92 Å². The normalized spacial score (nSPS) is 20.8. The fraction of sp³-hybridized carbons (Fsp3) is 0.182. The summed E-state index contributed by atoms with van der Waals surface area (Å²) in [4.78, 5) is 13.9. The van der Waals surface area contributed by atoms with Gasteiger partial charge in [0.05, 0.1) is 16.6 Å². The molecule has 0 fully saturated rings. The molecule has 0 saturated heterocycles. The topological polar surface area (TPSA) is 32.7 Å². The molecule has 0 unspecified atom stereocenters. The molecule has 3 aromatic rings. The van der Waals surface area contributed by atoms with E-state index in [1.54, 1.807) is 5.01 Å². The fourth-order valence-electron chi connectivity index (χ4n) is 4.17. The average Bonchev–Trinajstić information content (AvgIpc) is 3.36. The number of aryl methyl sites for hydroxylation is 1. The second-order valence-electron chi connectivity index (χ2n) is 6.88. The zero-order valence-electron chi connectivity index (χ0n) is 14.5. The van der Waals surface area contributed by atoms with E-state index >= 15 is 0 Å². The number of carbonyl (C=O) groups excluding carboxylic acids is 1. The van der Waals surface area contributed by atoms with Crippen LogP contribution in [0.2, 0.25) is 5.02 Å². The molecular formula is C22H17ClN2OS. The number of halogens is 1. The van der Waals surface area contributed by atoms with Crippen LogP contribution in [-0.4, -0.2) is 16.6 Å². The number of fused-ring (bicyclic) bond motifs is 3. The third-order valence-corrected chi connectivity index (χ3v) is 6.60. The van der Waals surface area contributed by atoms with Crippen LogP contribution in [0.4, 0.5) is 0 Å². The predicted octanol–water partition coefficient (Wildman–Crippen LogP) is 5.57. The van der Waals surface area contributed by atoms with Gasteiger partial charge in [0.1, 0.15) is 0 Å². The molecule has 1 aliphatic heterocycles. The lowest BCUT2D eigenvalue weighted by molar-refractivity contribution is 0.0687. The maximum absolute atomic E-state index is 13.2. The number of amides is 1. The minimum atomic E-state index is -0.170. The molecule has 0 saturated carbocycles. The highest BCUT2D eigenvalue weighted by molar-refractivity contribution is 7.12. The van der Waals surface area contributed by atoms with Crippen LogP contribution in [0.1, 0.15) is 38.8 Å². The van der Waals surface area contributed by atoms with Crippen LogP contribution < -0.4 is 0 Å². The van der Waals surface area contributed by atoms with E-state index in [0.29, 0.717) is 9.90 Å². The number of hydrogen-bond acceptors (Lipinski definition) is 3. The molecule has 0 N–H and O–H groups in total. The van der Waals surface area contributed by atoms with Crippen LogP contribution >= 0.6 is 22.9 Å². The Morgan fingerprint density at radius 2 is 1.89 bits per heavy atom. The first kappa shape index (κ1) is 16.7. The second kappa shape index (κ2) is 6.63. The molecule has 1 aromatic heterocycles. The van der Waals surface area contributed by atoms with Crippen molar-refractivity contribution in [1.82, 2.24) is 5.01 Å². The van der Waals surface area contributed by atoms with Gasteiger partial charge >= 0.3 is 0 Å². The van der Waals surface area contributed by atoms with Crippen molar-refractivity contribution in [2.75, 3.05) is 0 Å². The summed E-state index contributed by atoms with van der Waals surface area (Å²) in [6.45, 7) is 0. The van der Waals surface area contributed by atoms with E-state index in [0.717, 1.165) is 29.7 Å². The van der Waals surface area contributed by atoms with Crippen molar-refractivity contribution in [2.45, 2.75) is 18.9 Å². The van der Waals surface area contributed by atoms with Gasteiger partial charge in [-0.15, -0.1) is 11.3 Å². The number of carbonyl (C=O) groups is 1. The van der Waals surface area contributed by atoms with Crippen LogP contribution in [0.15, 0.2) is 71.1 Å². The van der Waals surface area contributed by atoms with Crippen molar-refractivity contribution in [3.05, 3.63) is 92.6 Å². The number of benzene rings is 2. The standard InChI is InChI=1S/C22H17ClN2OS/c23-18-9-4-3-8-16(18)21-17-12-11-14-6-1-2-7-15(14)20(17)24-25(21)22(26)19-10-5-13-27-19/h1-10,13,17,21H,11-12H2/t17-,21-/m0/s1. The van der Waals surface area contributed by atoms with E-state index < -0.39 is 0 Å². The molecule has 1 amide bonds. The van der Waals surface area contributed by atoms with Crippen molar-refractivity contribution in [2.24, 2.45) is 11.0 Å². The highest BCUT2D eigenvalue weighted by Gasteiger charge is 2.44. The van der Waals surface area contributed by atoms with E-state index in [1.807, 2.05) is 47.8 Å². The summed E-state index contributed by atoms with van der Waals surface area (Å²) < 4.78 is 0. The monoisotopic (exact) mass is 392 g/mol. The van der Waals surface area contributed by atoms with Gasteiger partial charge in [-0.3, -0.25) is 4.79 Å². The minimum absolute atomic E-state index is 0.0608. The van der Waals surface area contributed by atoms with Crippen molar-refractivity contribution < 1.29 is 4.79 Å². The van der Waals surface area contributed by atoms with Crippen LogP contribution in [-0.2, 0) is 6.42 Å². The lowest BCUT2D eigenvalue weighted by Crippen LogP contribution is -2.32. The van der Waals surface area contributed by atoms with Gasteiger partial charge < -0.3 is 0 Å². The highest BCUT2D eigenvalue weighted by atomic mass is 35.5. The Kier molecular flexibility index (Phi) is 4.10. The first-order valence-electron chi connectivity index (χ1n) is 9.02. The molecule has 1 aliphatic carbocycles. The average molecular weight is 393 g/mol. The van der Waals surface area contributed by atoms with E-state index in [4.69, 9.17) is 16.7 Å². The van der Waals surface area contributed by atoms with E-state index in [2.05, 4.69) is 18.2 Å². The van der Waals surface area contributed by atoms with Crippen LogP contribution in [0.25, 0.3) is 0 Å². The molecule has 0 radical (unpaired) electrons. The van der Waals surface area contributed by atoms with E-state index in [1.165, 1.54) is 16.9 Å². The molecule has 27 heavy (non-hydrogen) atoms. The molecule has 0 bridgehead atoms. The quantitative estimate of drug-likeness (QED) is 0.561. The number of thiophene rings is 1. The van der Waals surface area contributed by atoms with Gasteiger partial charge in [-0.2, -0.15) is 5.10 Å². The van der Waals surface area contributed by atoms with Gasteiger partial charge in [0.15, 0.2) is 0 Å². The maximum atomic E-state index is 13.2. The first-order chi connectivity index (χ1) is 13.2. The maximum Gasteiger partial charge on any atom is 0.284 e. The fourth-order valence-corrected chi connectivity index (χ4v) is 5.07. The van der Waals surface area contributed by atoms with Crippen LogP contribution in [0.5, 0.6) is 0 Å². The zero-order chi connectivity index (χ0) is 18.4. The number of rotatable bonds is 2. The van der Waals surface area contributed by atoms with E-state index in [-0.39, 0.29) is 17.9 Å². The number of nitrogens with zero attached hydrogens (tertiary/aromatic N) is 2. The molecule has 0 spiro atoms. The Balaban J connectivity index is 1.65. The number of hydrogen-bond donors (Lipinski definition) is 0. The summed E-state index contributed by atoms with van der Waals surface area (Å²) in [5.74, 6) is 0.0954. The first-order valence-corrected chi connectivity index (χ1v) is 10.3. The molecule has 5 rings (SSSR count). The molecule has 2 aliphatic rings. The van der Waals surface area contributed by atoms with Crippen molar-refractivity contribution >= 4 is 34.6 Å². The number of hydrazone groups is 1. The molecule has 2 heterocycles. The van der Waals surface area contributed by atoms with Gasteiger partial charge in [0, 0.05) is 16.5 Å². The molecular weight excluding hydrogens is 376 g/mol. The lowest BCUT2D eigenvalue weighted by atomic mass is 9.77. The third-order valence-electron chi connectivity index (χ3n) is 5.39. The van der Waals surface area contributed by atoms with Gasteiger partial charge in [-0.05, 0) is 41.5 Å². The molecule has 5 heteroatoms. The minimum Gasteiger partial charge on any atom is -0.266 e. The third kappa shape index (κ3) is 2.71. The summed E-state index contributed by atoms with van der Waals surface area (Å²) in [5.41, 5.74) is 4.43.